The largest absolute Gasteiger partial charge is 0.374 e. The Bertz CT molecular complexity index is 288. The van der Waals surface area contributed by atoms with E-state index in [2.05, 4.69) is 10.2 Å². The van der Waals surface area contributed by atoms with Crippen LogP contribution in [0.25, 0.3) is 0 Å². The van der Waals surface area contributed by atoms with E-state index in [4.69, 9.17) is 4.74 Å². The Morgan fingerprint density at radius 1 is 1.35 bits per heavy atom. The van der Waals surface area contributed by atoms with E-state index >= 15 is 0 Å². The Morgan fingerprint density at radius 2 is 2.24 bits per heavy atom. The number of morpholine rings is 1. The fourth-order valence-electron chi connectivity index (χ4n) is 3.42. The van der Waals surface area contributed by atoms with E-state index in [1.165, 1.54) is 0 Å². The highest BCUT2D eigenvalue weighted by atomic mass is 19.3. The number of hydrogen-bond acceptors (Lipinski definition) is 3. The van der Waals surface area contributed by atoms with Crippen LogP contribution in [-0.4, -0.2) is 55.8 Å². The summed E-state index contributed by atoms with van der Waals surface area (Å²) in [7, 11) is 0. The highest BCUT2D eigenvalue weighted by molar-refractivity contribution is 4.94. The molecule has 3 rings (SSSR count). The molecule has 1 saturated carbocycles. The third-order valence-electron chi connectivity index (χ3n) is 4.31. The van der Waals surface area contributed by atoms with Crippen molar-refractivity contribution in [3.05, 3.63) is 0 Å². The highest BCUT2D eigenvalue weighted by Gasteiger charge is 2.42. The summed E-state index contributed by atoms with van der Waals surface area (Å²) in [5.74, 6) is -2.24. The van der Waals surface area contributed by atoms with Gasteiger partial charge < -0.3 is 10.1 Å². The lowest BCUT2D eigenvalue weighted by molar-refractivity contribution is -0.0538. The molecule has 2 saturated heterocycles. The minimum absolute atomic E-state index is 0.0777. The molecule has 0 aromatic heterocycles. The number of ether oxygens (including phenoxy) is 1. The van der Waals surface area contributed by atoms with E-state index in [1.807, 2.05) is 0 Å². The second kappa shape index (κ2) is 4.44. The summed E-state index contributed by atoms with van der Waals surface area (Å²) in [4.78, 5) is 2.36. The number of hydrogen-bond donors (Lipinski definition) is 1. The van der Waals surface area contributed by atoms with Crippen LogP contribution in [0, 0.1) is 5.92 Å². The monoisotopic (exact) mass is 246 g/mol. The minimum atomic E-state index is -2.41. The lowest BCUT2D eigenvalue weighted by atomic mass is 10.0. The second-order valence-electron chi connectivity index (χ2n) is 5.59. The van der Waals surface area contributed by atoms with Crippen molar-refractivity contribution >= 4 is 0 Å². The molecule has 98 valence electrons. The zero-order valence-electron chi connectivity index (χ0n) is 10.0. The highest BCUT2D eigenvalue weighted by Crippen LogP contribution is 2.39. The van der Waals surface area contributed by atoms with E-state index in [1.54, 1.807) is 0 Å². The molecule has 0 radical (unpaired) electrons. The van der Waals surface area contributed by atoms with Gasteiger partial charge in [-0.25, -0.2) is 8.78 Å². The summed E-state index contributed by atoms with van der Waals surface area (Å²) in [6.45, 7) is 4.30. The van der Waals surface area contributed by atoms with Crippen molar-refractivity contribution < 1.29 is 13.5 Å². The Hall–Kier alpha value is -0.260. The van der Waals surface area contributed by atoms with Gasteiger partial charge in [-0.2, -0.15) is 0 Å². The van der Waals surface area contributed by atoms with Gasteiger partial charge in [0.1, 0.15) is 0 Å². The number of rotatable bonds is 2. The molecular weight excluding hydrogens is 226 g/mol. The minimum Gasteiger partial charge on any atom is -0.374 e. The first-order valence-electron chi connectivity index (χ1n) is 6.58. The van der Waals surface area contributed by atoms with Crippen LogP contribution in [0.3, 0.4) is 0 Å². The molecule has 0 amide bonds. The predicted molar refractivity (Wildman–Crippen MR) is 60.3 cm³/mol. The topological polar surface area (TPSA) is 24.5 Å². The normalized spacial score (nSPS) is 41.6. The standard InChI is InChI=1S/C12H20F2N2O/c13-12(14)2-1-9(5-12)8-16-3-4-17-11-7-15-6-10(11)16/h9-11,15H,1-8H2/t9?,10-,11+/m0/s1. The molecule has 0 bridgehead atoms. The molecule has 2 aliphatic heterocycles. The van der Waals surface area contributed by atoms with Gasteiger partial charge in [0.15, 0.2) is 0 Å². The maximum atomic E-state index is 13.2. The molecule has 3 nitrogen and oxygen atoms in total. The third-order valence-corrected chi connectivity index (χ3v) is 4.31. The number of halogens is 2. The van der Waals surface area contributed by atoms with Crippen LogP contribution >= 0.6 is 0 Å². The first-order valence-corrected chi connectivity index (χ1v) is 6.58. The molecule has 3 atom stereocenters. The molecule has 1 unspecified atom stereocenters. The van der Waals surface area contributed by atoms with Gasteiger partial charge in [-0.15, -0.1) is 0 Å². The van der Waals surface area contributed by atoms with Gasteiger partial charge in [0.2, 0.25) is 5.92 Å². The zero-order chi connectivity index (χ0) is 11.9. The van der Waals surface area contributed by atoms with Crippen LogP contribution < -0.4 is 5.32 Å². The number of nitrogens with one attached hydrogen (secondary N) is 1. The maximum absolute atomic E-state index is 13.2. The maximum Gasteiger partial charge on any atom is 0.248 e. The van der Waals surface area contributed by atoms with E-state index in [-0.39, 0.29) is 24.9 Å². The number of alkyl halides is 2. The van der Waals surface area contributed by atoms with E-state index in [0.29, 0.717) is 12.5 Å². The van der Waals surface area contributed by atoms with Gasteiger partial charge in [-0.1, -0.05) is 0 Å². The van der Waals surface area contributed by atoms with Crippen molar-refractivity contribution in [2.24, 2.45) is 5.92 Å². The van der Waals surface area contributed by atoms with Crippen molar-refractivity contribution in [3.63, 3.8) is 0 Å². The number of fused-ring (bicyclic) bond motifs is 1. The predicted octanol–water partition coefficient (Wildman–Crippen LogP) is 1.09. The molecule has 5 heteroatoms. The molecule has 1 aliphatic carbocycles. The molecule has 1 N–H and O–H groups in total. The van der Waals surface area contributed by atoms with Crippen molar-refractivity contribution in [2.75, 3.05) is 32.8 Å². The van der Waals surface area contributed by atoms with Crippen LogP contribution in [-0.2, 0) is 4.74 Å². The smallest absolute Gasteiger partial charge is 0.248 e. The quantitative estimate of drug-likeness (QED) is 0.789. The first kappa shape index (κ1) is 11.8. The van der Waals surface area contributed by atoms with E-state index < -0.39 is 5.92 Å². The fraction of sp³-hybridized carbons (Fsp3) is 1.00. The molecule has 3 aliphatic rings. The second-order valence-corrected chi connectivity index (χ2v) is 5.59. The fourth-order valence-corrected chi connectivity index (χ4v) is 3.42. The summed E-state index contributed by atoms with van der Waals surface area (Å²) < 4.78 is 32.0. The van der Waals surface area contributed by atoms with Crippen LogP contribution in [0.1, 0.15) is 19.3 Å². The van der Waals surface area contributed by atoms with Gasteiger partial charge in [0, 0.05) is 45.1 Å². The Morgan fingerprint density at radius 3 is 3.00 bits per heavy atom. The van der Waals surface area contributed by atoms with Crippen LogP contribution in [0.15, 0.2) is 0 Å². The Labute approximate surface area is 100 Å². The average Bonchev–Trinajstić information content (AvgIpc) is 2.85. The van der Waals surface area contributed by atoms with E-state index in [9.17, 15) is 8.78 Å². The number of nitrogens with zero attached hydrogens (tertiary/aromatic N) is 1. The van der Waals surface area contributed by atoms with Crippen LogP contribution in [0.2, 0.25) is 0 Å². The molecule has 3 fully saturated rings. The third kappa shape index (κ3) is 2.46. The molecule has 2 heterocycles. The summed E-state index contributed by atoms with van der Waals surface area (Å²) in [6, 6.07) is 0.401. The van der Waals surface area contributed by atoms with E-state index in [0.717, 1.165) is 32.8 Å². The lowest BCUT2D eigenvalue weighted by Crippen LogP contribution is -2.52. The lowest BCUT2D eigenvalue weighted by Gasteiger charge is -2.38. The SMILES string of the molecule is FC1(F)CCC(CN2CCO[C@@H]3CNC[C@@H]32)C1. The average molecular weight is 246 g/mol. The summed E-state index contributed by atoms with van der Waals surface area (Å²) in [5, 5.41) is 3.32. The Kier molecular flexibility index (Phi) is 3.09. The molecule has 0 spiro atoms. The molecule has 0 aromatic carbocycles. The van der Waals surface area contributed by atoms with Crippen LogP contribution in [0.4, 0.5) is 8.78 Å². The summed E-state index contributed by atoms with van der Waals surface area (Å²) in [6.07, 6.45) is 1.10. The van der Waals surface area contributed by atoms with Crippen molar-refractivity contribution in [1.29, 1.82) is 0 Å². The van der Waals surface area contributed by atoms with Gasteiger partial charge in [-0.3, -0.25) is 4.90 Å². The van der Waals surface area contributed by atoms with Gasteiger partial charge in [0.05, 0.1) is 12.7 Å². The van der Waals surface area contributed by atoms with Crippen molar-refractivity contribution in [2.45, 2.75) is 37.3 Å². The summed E-state index contributed by atoms with van der Waals surface area (Å²) in [5.41, 5.74) is 0. The molecule has 17 heavy (non-hydrogen) atoms. The molecular formula is C12H20F2N2O. The van der Waals surface area contributed by atoms with Gasteiger partial charge in [0.25, 0.3) is 0 Å². The van der Waals surface area contributed by atoms with Gasteiger partial charge >= 0.3 is 0 Å². The summed E-state index contributed by atoms with van der Waals surface area (Å²) >= 11 is 0. The van der Waals surface area contributed by atoms with Crippen LogP contribution in [0.5, 0.6) is 0 Å². The van der Waals surface area contributed by atoms with Crippen molar-refractivity contribution in [1.82, 2.24) is 10.2 Å². The Balaban J connectivity index is 1.57. The van der Waals surface area contributed by atoms with Gasteiger partial charge in [-0.05, 0) is 12.3 Å². The zero-order valence-corrected chi connectivity index (χ0v) is 10.0. The first-order chi connectivity index (χ1) is 8.14. The molecule has 0 aromatic rings. The van der Waals surface area contributed by atoms with Crippen molar-refractivity contribution in [3.8, 4) is 0 Å².